The number of alkyl halides is 2. The lowest BCUT2D eigenvalue weighted by molar-refractivity contribution is -0.136. The van der Waals surface area contributed by atoms with Crippen molar-refractivity contribution in [1.82, 2.24) is 42.2 Å². The number of hydrogen-bond donors (Lipinski definition) is 8. The molecule has 308 valence electrons. The molecule has 0 radical (unpaired) electrons. The molecule has 1 aliphatic heterocycles. The lowest BCUT2D eigenvalue weighted by Crippen LogP contribution is -2.61. The fraction of sp³-hybridized carbons (Fsp3) is 0.475. The molecule has 3 aromatic rings. The first-order chi connectivity index (χ1) is 27.0. The number of carbonyl (C=O) groups excluding carboxylic acids is 7. The van der Waals surface area contributed by atoms with Crippen molar-refractivity contribution >= 4 is 52.3 Å². The van der Waals surface area contributed by atoms with E-state index >= 15 is 8.78 Å². The highest BCUT2D eigenvalue weighted by Gasteiger charge is 2.36. The highest BCUT2D eigenvalue weighted by molar-refractivity contribution is 5.97. The van der Waals surface area contributed by atoms with E-state index in [2.05, 4.69) is 42.2 Å². The number of fused-ring (bicyclic) bond motifs is 1. The zero-order valence-corrected chi connectivity index (χ0v) is 32.8. The van der Waals surface area contributed by atoms with Crippen molar-refractivity contribution in [2.24, 2.45) is 11.8 Å². The average molecular weight is 795 g/mol. The van der Waals surface area contributed by atoms with Gasteiger partial charge in [0.1, 0.15) is 36.3 Å². The number of aromatic nitrogens is 1. The van der Waals surface area contributed by atoms with Crippen LogP contribution in [0, 0.1) is 11.8 Å². The number of hydrogen-bond acceptors (Lipinski definition) is 7. The Morgan fingerprint density at radius 2 is 1.09 bits per heavy atom. The van der Waals surface area contributed by atoms with Gasteiger partial charge < -0.3 is 42.2 Å². The summed E-state index contributed by atoms with van der Waals surface area (Å²) in [6.45, 7) is 8.25. The second-order valence-corrected chi connectivity index (χ2v) is 15.0. The molecule has 0 aliphatic carbocycles. The SMILES string of the molecule is CC(C)C1NC(=O)C(Cc2ccccc2)NC(=O)[C@@H](C(C)C)NC(=O)[C@@H](C)NC(=O)[C@@H](F)[C@@H](F)CNC(=O)[C@@H](Cc2c[nH]c3ccccc23)NC(=O)[C@@H](C)NC1=O. The summed E-state index contributed by atoms with van der Waals surface area (Å²) in [5.41, 5.74) is 2.04. The van der Waals surface area contributed by atoms with Gasteiger partial charge in [0.05, 0.1) is 6.54 Å². The highest BCUT2D eigenvalue weighted by Crippen LogP contribution is 2.19. The van der Waals surface area contributed by atoms with Crippen LogP contribution in [0.1, 0.15) is 52.7 Å². The van der Waals surface area contributed by atoms with Gasteiger partial charge in [-0.05, 0) is 42.9 Å². The zero-order chi connectivity index (χ0) is 42.0. The van der Waals surface area contributed by atoms with Crippen LogP contribution in [0.5, 0.6) is 0 Å². The van der Waals surface area contributed by atoms with Gasteiger partial charge in [-0.15, -0.1) is 0 Å². The second kappa shape index (κ2) is 19.8. The molecule has 17 heteroatoms. The fourth-order valence-corrected chi connectivity index (χ4v) is 6.27. The molecule has 15 nitrogen and oxygen atoms in total. The molecule has 2 aromatic carbocycles. The van der Waals surface area contributed by atoms with Crippen molar-refractivity contribution in [3.8, 4) is 0 Å². The van der Waals surface area contributed by atoms with Gasteiger partial charge in [0.2, 0.25) is 41.6 Å². The standard InChI is InChI=1S/C40H52F2N8O7/c1-20(2)32-39(56)46-22(5)34(51)47-30(17-25-18-43-28-15-11-10-14-26(25)28)36(53)44-19-27(41)31(42)38(55)45-23(6)35(52)49-33(21(3)4)40(57)48-29(37(54)50-32)16-24-12-8-7-9-13-24/h7-15,18,20-23,27,29-33,43H,16-17,19H2,1-6H3,(H,44,53)(H,45,55)(H,46,56)(H,47,51)(H,48,57)(H,49,52)(H,50,54)/t22-,23-,27+,29?,30-,31+,32?,33-/m1/s1. The van der Waals surface area contributed by atoms with E-state index in [0.717, 1.165) is 10.9 Å². The van der Waals surface area contributed by atoms with Crippen molar-refractivity contribution in [2.75, 3.05) is 6.54 Å². The molecule has 1 aromatic heterocycles. The maximum absolute atomic E-state index is 15.1. The topological polar surface area (TPSA) is 219 Å². The summed E-state index contributed by atoms with van der Waals surface area (Å²) in [5, 5.41) is 18.2. The van der Waals surface area contributed by atoms with E-state index in [9.17, 15) is 33.6 Å². The number of benzene rings is 2. The Morgan fingerprint density at radius 1 is 0.579 bits per heavy atom. The van der Waals surface area contributed by atoms with E-state index < -0.39 is 108 Å². The van der Waals surface area contributed by atoms with Gasteiger partial charge >= 0.3 is 0 Å². The Hall–Kier alpha value is -5.87. The maximum Gasteiger partial charge on any atom is 0.258 e. The monoisotopic (exact) mass is 794 g/mol. The third-order valence-electron chi connectivity index (χ3n) is 9.68. The number of nitrogens with one attached hydrogen (secondary N) is 8. The van der Waals surface area contributed by atoms with Crippen LogP contribution in [0.25, 0.3) is 10.9 Å². The highest BCUT2D eigenvalue weighted by atomic mass is 19.2. The molecular formula is C40H52F2N8O7. The number of para-hydroxylation sites is 1. The molecule has 4 rings (SSSR count). The van der Waals surface area contributed by atoms with Crippen LogP contribution in [-0.4, -0.2) is 101 Å². The number of carbonyl (C=O) groups is 7. The predicted octanol–water partition coefficient (Wildman–Crippen LogP) is 1.02. The first kappa shape index (κ1) is 43.9. The quantitative estimate of drug-likeness (QED) is 0.181. The number of H-pyrrole nitrogens is 1. The lowest BCUT2D eigenvalue weighted by Gasteiger charge is -2.29. The summed E-state index contributed by atoms with van der Waals surface area (Å²) in [5.74, 6) is -7.32. The molecule has 1 fully saturated rings. The van der Waals surface area contributed by atoms with Crippen LogP contribution in [0.4, 0.5) is 8.78 Å². The van der Waals surface area contributed by atoms with Crippen LogP contribution >= 0.6 is 0 Å². The summed E-state index contributed by atoms with van der Waals surface area (Å²) >= 11 is 0. The summed E-state index contributed by atoms with van der Waals surface area (Å²) in [4.78, 5) is 97.4. The van der Waals surface area contributed by atoms with E-state index in [-0.39, 0.29) is 12.8 Å². The molecule has 2 unspecified atom stereocenters. The van der Waals surface area contributed by atoms with Gasteiger partial charge in [-0.1, -0.05) is 76.2 Å². The summed E-state index contributed by atoms with van der Waals surface area (Å²) in [6.07, 6.45) is -3.82. The Bertz CT molecular complexity index is 1920. The van der Waals surface area contributed by atoms with Gasteiger partial charge in [-0.2, -0.15) is 0 Å². The lowest BCUT2D eigenvalue weighted by atomic mass is 9.99. The van der Waals surface area contributed by atoms with Crippen molar-refractivity contribution in [2.45, 2.75) is 103 Å². The van der Waals surface area contributed by atoms with E-state index in [4.69, 9.17) is 0 Å². The van der Waals surface area contributed by atoms with E-state index in [1.165, 1.54) is 13.8 Å². The third-order valence-corrected chi connectivity index (χ3v) is 9.68. The molecule has 0 saturated carbocycles. The minimum Gasteiger partial charge on any atom is -0.361 e. The van der Waals surface area contributed by atoms with Crippen LogP contribution in [0.15, 0.2) is 60.8 Å². The van der Waals surface area contributed by atoms with Crippen molar-refractivity contribution in [3.63, 3.8) is 0 Å². The number of halogens is 2. The minimum atomic E-state index is -2.81. The molecule has 8 atom stereocenters. The Balaban J connectivity index is 1.67. The number of rotatable bonds is 6. The molecule has 8 N–H and O–H groups in total. The smallest absolute Gasteiger partial charge is 0.258 e. The normalized spacial score (nSPS) is 26.8. The second-order valence-electron chi connectivity index (χ2n) is 15.0. The molecule has 1 aliphatic rings. The van der Waals surface area contributed by atoms with Gasteiger partial charge in [-0.25, -0.2) is 8.78 Å². The Labute approximate surface area is 329 Å². The van der Waals surface area contributed by atoms with E-state index in [1.807, 2.05) is 6.07 Å². The van der Waals surface area contributed by atoms with Crippen molar-refractivity contribution in [3.05, 3.63) is 71.9 Å². The average Bonchev–Trinajstić information content (AvgIpc) is 3.58. The van der Waals surface area contributed by atoms with Gasteiger partial charge in [0.15, 0.2) is 6.17 Å². The van der Waals surface area contributed by atoms with Crippen LogP contribution in [0.2, 0.25) is 0 Å². The number of aromatic amines is 1. The largest absolute Gasteiger partial charge is 0.361 e. The molecule has 2 heterocycles. The molecule has 0 bridgehead atoms. The summed E-state index contributed by atoms with van der Waals surface area (Å²) in [6, 6.07) is 8.25. The van der Waals surface area contributed by atoms with Crippen molar-refractivity contribution < 1.29 is 42.3 Å². The predicted molar refractivity (Wildman–Crippen MR) is 208 cm³/mol. The first-order valence-corrected chi connectivity index (χ1v) is 18.9. The summed E-state index contributed by atoms with van der Waals surface area (Å²) in [7, 11) is 0. The van der Waals surface area contributed by atoms with E-state index in [0.29, 0.717) is 11.1 Å². The van der Waals surface area contributed by atoms with Crippen LogP contribution in [-0.2, 0) is 46.4 Å². The summed E-state index contributed by atoms with van der Waals surface area (Å²) < 4.78 is 30.3. The van der Waals surface area contributed by atoms with Gasteiger partial charge in [0, 0.05) is 29.9 Å². The van der Waals surface area contributed by atoms with Crippen molar-refractivity contribution in [1.29, 1.82) is 0 Å². The molecule has 57 heavy (non-hydrogen) atoms. The Kier molecular flexibility index (Phi) is 15.3. The molecule has 0 spiro atoms. The molecular weight excluding hydrogens is 742 g/mol. The number of amides is 7. The fourth-order valence-electron chi connectivity index (χ4n) is 6.27. The third kappa shape index (κ3) is 11.8. The zero-order valence-electron chi connectivity index (χ0n) is 32.8. The van der Waals surface area contributed by atoms with Crippen LogP contribution < -0.4 is 37.2 Å². The molecule has 7 amide bonds. The maximum atomic E-state index is 15.1. The van der Waals surface area contributed by atoms with Gasteiger partial charge in [0.25, 0.3) is 5.91 Å². The van der Waals surface area contributed by atoms with E-state index in [1.54, 1.807) is 82.4 Å². The minimum absolute atomic E-state index is 0.00293. The van der Waals surface area contributed by atoms with Gasteiger partial charge in [-0.3, -0.25) is 33.6 Å². The Morgan fingerprint density at radius 3 is 1.72 bits per heavy atom. The first-order valence-electron chi connectivity index (χ1n) is 18.9. The van der Waals surface area contributed by atoms with Crippen LogP contribution in [0.3, 0.4) is 0 Å². The molecule has 1 saturated heterocycles.